The second kappa shape index (κ2) is 6.09. The summed E-state index contributed by atoms with van der Waals surface area (Å²) in [4.78, 5) is 25.8. The van der Waals surface area contributed by atoms with Gasteiger partial charge in [-0.25, -0.2) is 9.18 Å². The highest BCUT2D eigenvalue weighted by atomic mass is 19.1. The zero-order valence-electron chi connectivity index (χ0n) is 14.5. The minimum absolute atomic E-state index is 0.202. The molecule has 7 heteroatoms. The number of carbonyl (C=O) groups is 1. The Kier molecular flexibility index (Phi) is 3.99. The summed E-state index contributed by atoms with van der Waals surface area (Å²) in [6.45, 7) is 2.76. The largest absolute Gasteiger partial charge is 0.477 e. The van der Waals surface area contributed by atoms with Gasteiger partial charge in [0.2, 0.25) is 0 Å². The minimum atomic E-state index is -1.30. The molecule has 1 aliphatic carbocycles. The van der Waals surface area contributed by atoms with E-state index in [1.54, 1.807) is 6.92 Å². The average molecular weight is 360 g/mol. The van der Waals surface area contributed by atoms with Crippen LogP contribution in [0.15, 0.2) is 17.1 Å². The predicted octanol–water partition coefficient (Wildman–Crippen LogP) is 2.28. The Morgan fingerprint density at radius 1 is 1.31 bits per heavy atom. The fourth-order valence-electron chi connectivity index (χ4n) is 4.05. The first kappa shape index (κ1) is 17.0. The molecule has 2 fully saturated rings. The maximum Gasteiger partial charge on any atom is 0.341 e. The van der Waals surface area contributed by atoms with E-state index < -0.39 is 23.4 Å². The summed E-state index contributed by atoms with van der Waals surface area (Å²) in [5.41, 5.74) is 1.36. The van der Waals surface area contributed by atoms with E-state index in [1.807, 2.05) is 4.90 Å². The van der Waals surface area contributed by atoms with Crippen molar-refractivity contribution in [2.75, 3.05) is 18.0 Å². The molecule has 0 unspecified atom stereocenters. The zero-order valence-corrected chi connectivity index (χ0v) is 14.5. The summed E-state index contributed by atoms with van der Waals surface area (Å²) in [5, 5.41) is 19.3. The second-order valence-electron chi connectivity index (χ2n) is 7.31. The molecular weight excluding hydrogens is 339 g/mol. The van der Waals surface area contributed by atoms with Gasteiger partial charge in [-0.1, -0.05) is 0 Å². The van der Waals surface area contributed by atoms with Gasteiger partial charge in [0.15, 0.2) is 5.82 Å². The maximum atomic E-state index is 14.9. The number of rotatable bonds is 3. The molecule has 2 aliphatic rings. The number of fused-ring (bicyclic) bond motifs is 1. The Bertz CT molecular complexity index is 964. The molecule has 1 atom stereocenters. The molecular formula is C19H21FN2O4. The molecule has 2 N–H and O–H groups in total. The van der Waals surface area contributed by atoms with E-state index in [-0.39, 0.29) is 11.5 Å². The molecule has 2 aromatic rings. The van der Waals surface area contributed by atoms with Crippen molar-refractivity contribution >= 4 is 17.2 Å². The Balaban J connectivity index is 2.00. The predicted molar refractivity (Wildman–Crippen MR) is 94.8 cm³/mol. The van der Waals surface area contributed by atoms with Gasteiger partial charge >= 0.3 is 5.97 Å². The van der Waals surface area contributed by atoms with Crippen molar-refractivity contribution in [2.24, 2.45) is 0 Å². The Hall–Kier alpha value is -2.41. The average Bonchev–Trinajstić information content (AvgIpc) is 3.40. The first-order valence-corrected chi connectivity index (χ1v) is 8.93. The molecule has 3 heterocycles. The lowest BCUT2D eigenvalue weighted by Crippen LogP contribution is -2.39. The molecule has 1 saturated heterocycles. The fraction of sp³-hybridized carbons (Fsp3) is 0.474. The van der Waals surface area contributed by atoms with Gasteiger partial charge in [-0.15, -0.1) is 0 Å². The number of aromatic carboxylic acids is 1. The van der Waals surface area contributed by atoms with Crippen molar-refractivity contribution in [3.8, 4) is 0 Å². The second-order valence-corrected chi connectivity index (χ2v) is 7.31. The van der Waals surface area contributed by atoms with Crippen molar-refractivity contribution < 1.29 is 19.4 Å². The van der Waals surface area contributed by atoms with Crippen molar-refractivity contribution in [1.29, 1.82) is 0 Å². The van der Waals surface area contributed by atoms with Crippen molar-refractivity contribution in [3.05, 3.63) is 45.1 Å². The topological polar surface area (TPSA) is 82.2 Å². The van der Waals surface area contributed by atoms with Crippen LogP contribution in [0.4, 0.5) is 10.1 Å². The van der Waals surface area contributed by atoms with Gasteiger partial charge in [0.05, 0.1) is 23.5 Å². The van der Waals surface area contributed by atoms with Crippen LogP contribution < -0.4 is 10.5 Å². The Labute approximate surface area is 149 Å². The van der Waals surface area contributed by atoms with E-state index in [0.29, 0.717) is 36.3 Å². The number of β-amino-alcohol motifs (C(OH)–C–C–N with tert-alkyl or cyclic N) is 1. The normalized spacial score (nSPS) is 20.6. The third-order valence-electron chi connectivity index (χ3n) is 5.40. The van der Waals surface area contributed by atoms with Crippen molar-refractivity contribution in [2.45, 2.75) is 44.6 Å². The van der Waals surface area contributed by atoms with E-state index in [9.17, 15) is 24.2 Å². The van der Waals surface area contributed by atoms with Gasteiger partial charge in [0, 0.05) is 13.1 Å². The SMILES string of the molecule is Cc1c(N2CCC[C@@H](O)C2)c(F)cn2c(=O)c(C(=O)O)cc(C3CC3)c12. The summed E-state index contributed by atoms with van der Waals surface area (Å²) < 4.78 is 16.1. The number of aliphatic hydroxyl groups is 1. The van der Waals surface area contributed by atoms with Crippen LogP contribution in [0.25, 0.3) is 5.52 Å². The summed E-state index contributed by atoms with van der Waals surface area (Å²) in [6.07, 6.45) is 3.92. The summed E-state index contributed by atoms with van der Waals surface area (Å²) in [5.74, 6) is -1.67. The van der Waals surface area contributed by atoms with E-state index in [1.165, 1.54) is 6.07 Å². The van der Waals surface area contributed by atoms with Gasteiger partial charge in [-0.3, -0.25) is 9.20 Å². The molecule has 0 bridgehead atoms. The number of aliphatic hydroxyl groups excluding tert-OH is 1. The fourth-order valence-corrected chi connectivity index (χ4v) is 4.05. The summed E-state index contributed by atoms with van der Waals surface area (Å²) >= 11 is 0. The number of carboxylic acid groups (broad SMARTS) is 1. The van der Waals surface area contributed by atoms with Crippen LogP contribution in [-0.2, 0) is 0 Å². The van der Waals surface area contributed by atoms with Gasteiger partial charge in [-0.2, -0.15) is 0 Å². The van der Waals surface area contributed by atoms with Gasteiger partial charge in [-0.05, 0) is 55.7 Å². The number of pyridine rings is 2. The van der Waals surface area contributed by atoms with E-state index >= 15 is 0 Å². The van der Waals surface area contributed by atoms with Crippen LogP contribution in [-0.4, -0.2) is 39.8 Å². The molecule has 4 rings (SSSR count). The molecule has 0 radical (unpaired) electrons. The van der Waals surface area contributed by atoms with Gasteiger partial charge in [0.1, 0.15) is 5.56 Å². The van der Waals surface area contributed by atoms with Crippen LogP contribution in [0.2, 0.25) is 0 Å². The first-order chi connectivity index (χ1) is 12.4. The standard InChI is InChI=1S/C19H21FN2O4/c1-10-16-13(11-4-5-11)7-14(19(25)26)18(24)22(16)9-15(20)17(10)21-6-2-3-12(23)8-21/h7,9,11-12,23H,2-6,8H2,1H3,(H,25,26)/t12-/m1/s1. The number of hydrogen-bond donors (Lipinski definition) is 2. The smallest absolute Gasteiger partial charge is 0.341 e. The van der Waals surface area contributed by atoms with E-state index in [0.717, 1.165) is 35.4 Å². The molecule has 6 nitrogen and oxygen atoms in total. The number of aromatic nitrogens is 1. The molecule has 1 aliphatic heterocycles. The number of anilines is 1. The highest BCUT2D eigenvalue weighted by molar-refractivity contribution is 5.89. The van der Waals surface area contributed by atoms with Crippen LogP contribution in [0.1, 0.15) is 53.1 Å². The first-order valence-electron chi connectivity index (χ1n) is 8.93. The van der Waals surface area contributed by atoms with Crippen LogP contribution >= 0.6 is 0 Å². The monoisotopic (exact) mass is 360 g/mol. The molecule has 1 saturated carbocycles. The van der Waals surface area contributed by atoms with E-state index in [2.05, 4.69) is 0 Å². The van der Waals surface area contributed by atoms with Crippen LogP contribution in [0, 0.1) is 12.7 Å². The number of aryl methyl sites for hydroxylation is 1. The number of carboxylic acids is 1. The third kappa shape index (κ3) is 2.67. The molecule has 0 aromatic carbocycles. The number of hydrogen-bond acceptors (Lipinski definition) is 4. The highest BCUT2D eigenvalue weighted by Gasteiger charge is 2.31. The lowest BCUT2D eigenvalue weighted by atomic mass is 10.0. The van der Waals surface area contributed by atoms with E-state index in [4.69, 9.17) is 0 Å². The number of halogens is 1. The molecule has 0 amide bonds. The lowest BCUT2D eigenvalue weighted by Gasteiger charge is -2.33. The number of nitrogens with zero attached hydrogens (tertiary/aromatic N) is 2. The molecule has 138 valence electrons. The molecule has 0 spiro atoms. The van der Waals surface area contributed by atoms with Gasteiger partial charge in [0.25, 0.3) is 5.56 Å². The maximum absolute atomic E-state index is 14.9. The highest BCUT2D eigenvalue weighted by Crippen LogP contribution is 2.44. The number of piperidine rings is 1. The molecule has 26 heavy (non-hydrogen) atoms. The lowest BCUT2D eigenvalue weighted by molar-refractivity contribution is 0.0694. The van der Waals surface area contributed by atoms with Gasteiger partial charge < -0.3 is 15.1 Å². The van der Waals surface area contributed by atoms with Crippen LogP contribution in [0.3, 0.4) is 0 Å². The summed E-state index contributed by atoms with van der Waals surface area (Å²) in [6, 6.07) is 1.46. The van der Waals surface area contributed by atoms with Crippen LogP contribution in [0.5, 0.6) is 0 Å². The zero-order chi connectivity index (χ0) is 18.6. The third-order valence-corrected chi connectivity index (χ3v) is 5.40. The molecule has 2 aromatic heterocycles. The minimum Gasteiger partial charge on any atom is -0.477 e. The van der Waals surface area contributed by atoms with Crippen molar-refractivity contribution in [3.63, 3.8) is 0 Å². The summed E-state index contributed by atoms with van der Waals surface area (Å²) in [7, 11) is 0. The quantitative estimate of drug-likeness (QED) is 0.878. The Morgan fingerprint density at radius 2 is 2.04 bits per heavy atom. The Morgan fingerprint density at radius 3 is 2.65 bits per heavy atom. The van der Waals surface area contributed by atoms with Crippen molar-refractivity contribution in [1.82, 2.24) is 4.40 Å².